The van der Waals surface area contributed by atoms with Crippen LogP contribution in [0.5, 0.6) is 0 Å². The van der Waals surface area contributed by atoms with Gasteiger partial charge in [-0.15, -0.1) is 0 Å². The number of fused-ring (bicyclic) bond motifs is 4. The third-order valence-corrected chi connectivity index (χ3v) is 5.76. The number of hydrazone groups is 1. The second-order valence-corrected chi connectivity index (χ2v) is 7.08. The first-order valence-electron chi connectivity index (χ1n) is 8.13. The van der Waals surface area contributed by atoms with E-state index >= 15 is 0 Å². The number of para-hydroxylation sites is 2. The van der Waals surface area contributed by atoms with E-state index < -0.39 is 0 Å². The Kier molecular flexibility index (Phi) is 3.03. The molecule has 3 aliphatic rings. The summed E-state index contributed by atoms with van der Waals surface area (Å²) in [6.07, 6.45) is 1.97. The van der Waals surface area contributed by atoms with E-state index in [1.54, 1.807) is 16.8 Å². The van der Waals surface area contributed by atoms with Gasteiger partial charge >= 0.3 is 0 Å². The van der Waals surface area contributed by atoms with Crippen molar-refractivity contribution in [3.8, 4) is 0 Å². The van der Waals surface area contributed by atoms with E-state index in [4.69, 9.17) is 10.5 Å². The van der Waals surface area contributed by atoms with Crippen LogP contribution in [0, 0.1) is 5.41 Å². The Morgan fingerprint density at radius 1 is 1.00 bits per heavy atom. The summed E-state index contributed by atoms with van der Waals surface area (Å²) in [6.45, 7) is 0.987. The molecule has 0 aromatic heterocycles. The van der Waals surface area contributed by atoms with Crippen LogP contribution < -0.4 is 9.91 Å². The van der Waals surface area contributed by atoms with E-state index in [2.05, 4.69) is 29.2 Å². The molecule has 0 radical (unpaired) electrons. The standard InChI is InChI=1S/C19H16N4S/c20-18-17-14(21-23(18)13-7-2-1-3-8-13)9-6-12-22-15-10-4-5-11-16(15)24-19(17)22/h1-5,7-8,10-11,20H,6,9,12H2. The predicted octanol–water partition coefficient (Wildman–Crippen LogP) is 4.46. The normalized spacial score (nSPS) is 19.0. The highest BCUT2D eigenvalue weighted by Crippen LogP contribution is 2.49. The average Bonchev–Trinajstić information content (AvgIpc) is 3.08. The molecular weight excluding hydrogens is 316 g/mol. The topological polar surface area (TPSA) is 42.7 Å². The first-order valence-corrected chi connectivity index (χ1v) is 8.95. The lowest BCUT2D eigenvalue weighted by atomic mass is 10.1. The first kappa shape index (κ1) is 13.9. The fourth-order valence-electron chi connectivity index (χ4n) is 3.47. The fourth-order valence-corrected chi connectivity index (χ4v) is 4.72. The molecule has 0 spiro atoms. The van der Waals surface area contributed by atoms with Crippen LogP contribution in [0.2, 0.25) is 0 Å². The van der Waals surface area contributed by atoms with Crippen molar-refractivity contribution in [2.45, 2.75) is 17.7 Å². The molecule has 0 saturated carbocycles. The highest BCUT2D eigenvalue weighted by atomic mass is 32.2. The Hall–Kier alpha value is -2.53. The zero-order chi connectivity index (χ0) is 16.1. The minimum atomic E-state index is 0.485. The van der Waals surface area contributed by atoms with E-state index in [0.717, 1.165) is 41.4 Å². The second kappa shape index (κ2) is 5.24. The van der Waals surface area contributed by atoms with E-state index in [-0.39, 0.29) is 0 Å². The van der Waals surface area contributed by atoms with Crippen LogP contribution in [-0.2, 0) is 0 Å². The third kappa shape index (κ3) is 1.94. The minimum absolute atomic E-state index is 0.485. The van der Waals surface area contributed by atoms with Crippen LogP contribution in [0.1, 0.15) is 12.8 Å². The van der Waals surface area contributed by atoms with Gasteiger partial charge < -0.3 is 4.90 Å². The van der Waals surface area contributed by atoms with Gasteiger partial charge in [-0.1, -0.05) is 42.1 Å². The zero-order valence-electron chi connectivity index (χ0n) is 13.1. The number of anilines is 2. The molecule has 3 heterocycles. The van der Waals surface area contributed by atoms with Gasteiger partial charge in [-0.2, -0.15) is 5.10 Å². The van der Waals surface area contributed by atoms with Crippen LogP contribution in [0.25, 0.3) is 0 Å². The van der Waals surface area contributed by atoms with Crippen LogP contribution in [-0.4, -0.2) is 18.1 Å². The summed E-state index contributed by atoms with van der Waals surface area (Å²) in [7, 11) is 0. The van der Waals surface area contributed by atoms with E-state index in [1.165, 1.54) is 10.6 Å². The Morgan fingerprint density at radius 2 is 1.79 bits per heavy atom. The lowest BCUT2D eigenvalue weighted by Gasteiger charge is -2.20. The van der Waals surface area contributed by atoms with Gasteiger partial charge in [0.1, 0.15) is 0 Å². The van der Waals surface area contributed by atoms with Crippen molar-refractivity contribution < 1.29 is 0 Å². The molecule has 0 saturated heterocycles. The molecule has 4 nitrogen and oxygen atoms in total. The van der Waals surface area contributed by atoms with Gasteiger partial charge in [0.25, 0.3) is 0 Å². The van der Waals surface area contributed by atoms with E-state index in [1.807, 2.05) is 30.3 Å². The Labute approximate surface area is 145 Å². The highest BCUT2D eigenvalue weighted by Gasteiger charge is 2.38. The molecule has 24 heavy (non-hydrogen) atoms. The maximum atomic E-state index is 8.74. The van der Waals surface area contributed by atoms with Crippen molar-refractivity contribution >= 4 is 34.7 Å². The predicted molar refractivity (Wildman–Crippen MR) is 100.0 cm³/mol. The number of hydrogen-bond donors (Lipinski definition) is 1. The molecule has 0 aliphatic carbocycles. The molecule has 5 rings (SSSR count). The maximum absolute atomic E-state index is 8.74. The van der Waals surface area contributed by atoms with Gasteiger partial charge in [0.05, 0.1) is 27.7 Å². The molecule has 0 bridgehead atoms. The Bertz CT molecular complexity index is 901. The number of hydrogen-bond acceptors (Lipinski definition) is 4. The quantitative estimate of drug-likeness (QED) is 0.838. The van der Waals surface area contributed by atoms with E-state index in [9.17, 15) is 0 Å². The maximum Gasteiger partial charge on any atom is 0.158 e. The summed E-state index contributed by atoms with van der Waals surface area (Å²) in [5.74, 6) is 0.485. The van der Waals surface area contributed by atoms with Gasteiger partial charge in [0, 0.05) is 11.4 Å². The number of nitrogens with zero attached hydrogens (tertiary/aromatic N) is 3. The van der Waals surface area contributed by atoms with Gasteiger partial charge in [-0.05, 0) is 37.1 Å². The lowest BCUT2D eigenvalue weighted by Crippen LogP contribution is -2.24. The van der Waals surface area contributed by atoms with Crippen molar-refractivity contribution in [1.82, 2.24) is 0 Å². The summed E-state index contributed by atoms with van der Waals surface area (Å²) < 4.78 is 0. The molecule has 5 heteroatoms. The van der Waals surface area contributed by atoms with Crippen LogP contribution in [0.3, 0.4) is 0 Å². The highest BCUT2D eigenvalue weighted by molar-refractivity contribution is 8.03. The van der Waals surface area contributed by atoms with Crippen LogP contribution in [0.4, 0.5) is 11.4 Å². The molecule has 3 aliphatic heterocycles. The molecule has 118 valence electrons. The van der Waals surface area contributed by atoms with Gasteiger partial charge in [0.15, 0.2) is 5.84 Å². The molecule has 2 aromatic carbocycles. The number of thioether (sulfide) groups is 1. The summed E-state index contributed by atoms with van der Waals surface area (Å²) in [5.41, 5.74) is 4.25. The molecule has 2 aromatic rings. The monoisotopic (exact) mass is 332 g/mol. The van der Waals surface area contributed by atoms with Crippen molar-refractivity contribution in [2.75, 3.05) is 16.5 Å². The van der Waals surface area contributed by atoms with E-state index in [0.29, 0.717) is 5.84 Å². The van der Waals surface area contributed by atoms with Crippen molar-refractivity contribution in [1.29, 1.82) is 5.41 Å². The summed E-state index contributed by atoms with van der Waals surface area (Å²) in [4.78, 5) is 3.63. The number of benzene rings is 2. The summed E-state index contributed by atoms with van der Waals surface area (Å²) in [6, 6.07) is 18.5. The minimum Gasteiger partial charge on any atom is -0.334 e. The molecule has 0 fully saturated rings. The van der Waals surface area contributed by atoms with Crippen molar-refractivity contribution in [3.63, 3.8) is 0 Å². The lowest BCUT2D eigenvalue weighted by molar-refractivity contribution is 0.844. The molecule has 0 unspecified atom stereocenters. The molecule has 1 N–H and O–H groups in total. The van der Waals surface area contributed by atoms with Crippen molar-refractivity contribution in [3.05, 3.63) is 65.2 Å². The summed E-state index contributed by atoms with van der Waals surface area (Å²) >= 11 is 1.77. The number of amidine groups is 1. The molecular formula is C19H16N4S. The molecule has 0 amide bonds. The molecule has 0 atom stereocenters. The largest absolute Gasteiger partial charge is 0.334 e. The van der Waals surface area contributed by atoms with Gasteiger partial charge in [-0.3, -0.25) is 5.41 Å². The van der Waals surface area contributed by atoms with Crippen molar-refractivity contribution in [2.24, 2.45) is 5.10 Å². The second-order valence-electron chi connectivity index (χ2n) is 6.05. The number of rotatable bonds is 1. The smallest absolute Gasteiger partial charge is 0.158 e. The summed E-state index contributed by atoms with van der Waals surface area (Å²) in [5, 5.41) is 16.4. The third-order valence-electron chi connectivity index (χ3n) is 4.58. The zero-order valence-corrected chi connectivity index (χ0v) is 13.9. The Morgan fingerprint density at radius 3 is 2.67 bits per heavy atom. The van der Waals surface area contributed by atoms with Gasteiger partial charge in [-0.25, -0.2) is 5.01 Å². The van der Waals surface area contributed by atoms with Crippen LogP contribution >= 0.6 is 11.8 Å². The Balaban J connectivity index is 1.63. The first-order chi connectivity index (χ1) is 11.8. The fraction of sp³-hybridized carbons (Fsp3) is 0.158. The van der Waals surface area contributed by atoms with Gasteiger partial charge in [0.2, 0.25) is 0 Å². The number of nitrogens with one attached hydrogen (secondary N) is 1. The van der Waals surface area contributed by atoms with Crippen LogP contribution in [0.15, 0.2) is 75.2 Å². The average molecular weight is 332 g/mol. The SMILES string of the molecule is N=C1C2=C3Sc4ccccc4N3CCCC2=NN1c1ccccc1.